The quantitative estimate of drug-likeness (QED) is 0.763. The van der Waals surface area contributed by atoms with Crippen molar-refractivity contribution in [2.24, 2.45) is 0 Å². The number of nitrogens with one attached hydrogen (secondary N) is 1. The van der Waals surface area contributed by atoms with E-state index in [-0.39, 0.29) is 11.7 Å². The van der Waals surface area contributed by atoms with E-state index in [4.69, 9.17) is 21.1 Å². The first-order valence-corrected chi connectivity index (χ1v) is 9.65. The van der Waals surface area contributed by atoms with Crippen LogP contribution in [0.5, 0.6) is 0 Å². The fourth-order valence-electron chi connectivity index (χ4n) is 4.74. The van der Waals surface area contributed by atoms with Crippen LogP contribution in [-0.2, 0) is 19.1 Å². The summed E-state index contributed by atoms with van der Waals surface area (Å²) in [5.41, 5.74) is 1.76. The van der Waals surface area contributed by atoms with Crippen LogP contribution in [0.25, 0.3) is 0 Å². The van der Waals surface area contributed by atoms with Crippen LogP contribution in [0.2, 0.25) is 5.02 Å². The summed E-state index contributed by atoms with van der Waals surface area (Å²) in [5.74, 6) is -1.56. The van der Waals surface area contributed by atoms with Gasteiger partial charge < -0.3 is 14.8 Å². The molecule has 1 saturated carbocycles. The second-order valence-corrected chi connectivity index (χ2v) is 8.22. The van der Waals surface area contributed by atoms with Gasteiger partial charge in [0.05, 0.1) is 13.2 Å². The number of aryl methyl sites for hydroxylation is 2. The van der Waals surface area contributed by atoms with Crippen molar-refractivity contribution in [3.05, 3.63) is 33.8 Å². The molecule has 1 amide bonds. The van der Waals surface area contributed by atoms with Crippen molar-refractivity contribution in [1.82, 2.24) is 5.32 Å². The van der Waals surface area contributed by atoms with E-state index in [1.54, 1.807) is 0 Å². The Kier molecular flexibility index (Phi) is 4.37. The molecule has 0 bridgehead atoms. The summed E-state index contributed by atoms with van der Waals surface area (Å²) in [6, 6.07) is 3.63. The first kappa shape index (κ1) is 18.0. The molecule has 4 rings (SSSR count). The number of hydrogen-bond acceptors (Lipinski definition) is 4. The maximum Gasteiger partial charge on any atom is 0.235 e. The lowest BCUT2D eigenvalue weighted by Crippen LogP contribution is -2.55. The van der Waals surface area contributed by atoms with E-state index in [0.717, 1.165) is 23.1 Å². The Balaban J connectivity index is 1.61. The van der Waals surface area contributed by atoms with E-state index in [1.807, 2.05) is 26.0 Å². The van der Waals surface area contributed by atoms with Gasteiger partial charge in [-0.05, 0) is 61.9 Å². The van der Waals surface area contributed by atoms with Gasteiger partial charge in [0.25, 0.3) is 0 Å². The highest BCUT2D eigenvalue weighted by Gasteiger charge is 2.57. The SMILES string of the molecule is Cc1cc(Cl)cc(C)c1C1C(=O)NC2(CCC3(CC2)OCCCO3)C1=O. The number of Topliss-reactive ketones (excluding diaryl/α,β-unsaturated/α-hetero) is 1. The summed E-state index contributed by atoms with van der Waals surface area (Å²) < 4.78 is 11.7. The Morgan fingerprint density at radius 1 is 1.04 bits per heavy atom. The van der Waals surface area contributed by atoms with Crippen LogP contribution in [0.15, 0.2) is 12.1 Å². The average molecular weight is 378 g/mol. The van der Waals surface area contributed by atoms with Crippen molar-refractivity contribution < 1.29 is 19.1 Å². The van der Waals surface area contributed by atoms with Crippen LogP contribution >= 0.6 is 11.6 Å². The van der Waals surface area contributed by atoms with Crippen LogP contribution in [-0.4, -0.2) is 36.2 Å². The zero-order chi connectivity index (χ0) is 18.5. The Hall–Kier alpha value is -1.43. The number of halogens is 1. The number of ketones is 1. The van der Waals surface area contributed by atoms with Gasteiger partial charge in [-0.3, -0.25) is 9.59 Å². The first-order valence-electron chi connectivity index (χ1n) is 9.27. The molecule has 2 aliphatic heterocycles. The molecule has 140 valence electrons. The van der Waals surface area contributed by atoms with Gasteiger partial charge in [0, 0.05) is 17.9 Å². The Morgan fingerprint density at radius 2 is 1.62 bits per heavy atom. The highest BCUT2D eigenvalue weighted by Crippen LogP contribution is 2.45. The largest absolute Gasteiger partial charge is 0.350 e. The molecule has 1 aromatic carbocycles. The highest BCUT2D eigenvalue weighted by molar-refractivity contribution is 6.30. The van der Waals surface area contributed by atoms with Gasteiger partial charge in [0.2, 0.25) is 5.91 Å². The third-order valence-electron chi connectivity index (χ3n) is 6.09. The van der Waals surface area contributed by atoms with Crippen LogP contribution in [0.1, 0.15) is 54.7 Å². The molecule has 6 heteroatoms. The molecule has 1 aromatic rings. The lowest BCUT2D eigenvalue weighted by Gasteiger charge is -2.45. The summed E-state index contributed by atoms with van der Waals surface area (Å²) in [6.45, 7) is 5.19. The number of carbonyl (C=O) groups excluding carboxylic acids is 2. The summed E-state index contributed by atoms with van der Waals surface area (Å²) >= 11 is 6.11. The number of benzene rings is 1. The van der Waals surface area contributed by atoms with E-state index in [1.165, 1.54) is 0 Å². The minimum absolute atomic E-state index is 0.0262. The van der Waals surface area contributed by atoms with Crippen molar-refractivity contribution >= 4 is 23.3 Å². The van der Waals surface area contributed by atoms with Crippen molar-refractivity contribution in [3.8, 4) is 0 Å². The smallest absolute Gasteiger partial charge is 0.235 e. The van der Waals surface area contributed by atoms with E-state index in [9.17, 15) is 9.59 Å². The van der Waals surface area contributed by atoms with Gasteiger partial charge in [0.1, 0.15) is 11.5 Å². The molecule has 3 aliphatic rings. The van der Waals surface area contributed by atoms with Gasteiger partial charge in [0.15, 0.2) is 11.6 Å². The number of ether oxygens (including phenoxy) is 2. The number of hydrogen-bond donors (Lipinski definition) is 1. The zero-order valence-electron chi connectivity index (χ0n) is 15.2. The molecule has 5 nitrogen and oxygen atoms in total. The van der Waals surface area contributed by atoms with Crippen LogP contribution in [0, 0.1) is 13.8 Å². The minimum Gasteiger partial charge on any atom is -0.350 e. The van der Waals surface area contributed by atoms with Crippen LogP contribution in [0.3, 0.4) is 0 Å². The number of amides is 1. The molecular formula is C20H24ClNO4. The summed E-state index contributed by atoms with van der Waals surface area (Å²) in [6.07, 6.45) is 3.27. The van der Waals surface area contributed by atoms with E-state index < -0.39 is 17.2 Å². The molecule has 2 saturated heterocycles. The van der Waals surface area contributed by atoms with Crippen molar-refractivity contribution in [2.45, 2.75) is 63.2 Å². The summed E-state index contributed by atoms with van der Waals surface area (Å²) in [4.78, 5) is 26.1. The van der Waals surface area contributed by atoms with Gasteiger partial charge in [-0.1, -0.05) is 11.6 Å². The standard InChI is InChI=1S/C20H24ClNO4/c1-12-10-14(21)11-13(2)15(12)16-17(23)19(22-18(16)24)4-6-20(7-5-19)25-8-3-9-26-20/h10-11,16H,3-9H2,1-2H3,(H,22,24). The molecule has 1 aliphatic carbocycles. The zero-order valence-corrected chi connectivity index (χ0v) is 15.9. The second kappa shape index (κ2) is 6.32. The lowest BCUT2D eigenvalue weighted by atomic mass is 9.74. The predicted octanol–water partition coefficient (Wildman–Crippen LogP) is 3.19. The van der Waals surface area contributed by atoms with Gasteiger partial charge in [-0.15, -0.1) is 0 Å². The van der Waals surface area contributed by atoms with Crippen molar-refractivity contribution in [2.75, 3.05) is 13.2 Å². The summed E-state index contributed by atoms with van der Waals surface area (Å²) in [5, 5.41) is 3.65. The van der Waals surface area contributed by atoms with Gasteiger partial charge in [-0.25, -0.2) is 0 Å². The lowest BCUT2D eigenvalue weighted by molar-refractivity contribution is -0.283. The molecular weight excluding hydrogens is 354 g/mol. The molecule has 0 radical (unpaired) electrons. The fraction of sp³-hybridized carbons (Fsp3) is 0.600. The first-order chi connectivity index (χ1) is 12.4. The molecule has 3 fully saturated rings. The fourth-order valence-corrected chi connectivity index (χ4v) is 5.07. The third kappa shape index (κ3) is 2.77. The molecule has 2 heterocycles. The van der Waals surface area contributed by atoms with Gasteiger partial charge >= 0.3 is 0 Å². The van der Waals surface area contributed by atoms with Gasteiger partial charge in [-0.2, -0.15) is 0 Å². The molecule has 2 spiro atoms. The molecule has 1 N–H and O–H groups in total. The van der Waals surface area contributed by atoms with Crippen molar-refractivity contribution in [1.29, 1.82) is 0 Å². The molecule has 1 atom stereocenters. The van der Waals surface area contributed by atoms with E-state index in [2.05, 4.69) is 5.32 Å². The predicted molar refractivity (Wildman–Crippen MR) is 97.3 cm³/mol. The maximum absolute atomic E-state index is 13.4. The molecule has 0 aromatic heterocycles. The highest BCUT2D eigenvalue weighted by atomic mass is 35.5. The maximum atomic E-state index is 13.4. The molecule has 26 heavy (non-hydrogen) atoms. The average Bonchev–Trinajstić information content (AvgIpc) is 2.83. The third-order valence-corrected chi connectivity index (χ3v) is 6.31. The Morgan fingerprint density at radius 3 is 2.19 bits per heavy atom. The minimum atomic E-state index is -0.796. The van der Waals surface area contributed by atoms with Crippen LogP contribution in [0.4, 0.5) is 0 Å². The Labute approximate surface area is 158 Å². The van der Waals surface area contributed by atoms with Crippen LogP contribution < -0.4 is 5.32 Å². The van der Waals surface area contributed by atoms with Crippen molar-refractivity contribution in [3.63, 3.8) is 0 Å². The number of carbonyl (C=O) groups is 2. The number of rotatable bonds is 1. The molecule has 1 unspecified atom stereocenters. The summed E-state index contributed by atoms with van der Waals surface area (Å²) in [7, 11) is 0. The van der Waals surface area contributed by atoms with E-state index >= 15 is 0 Å². The van der Waals surface area contributed by atoms with E-state index in [0.29, 0.717) is 43.9 Å². The monoisotopic (exact) mass is 377 g/mol. The Bertz CT molecular complexity index is 736. The second-order valence-electron chi connectivity index (χ2n) is 7.78. The normalized spacial score (nSPS) is 27.1. The topological polar surface area (TPSA) is 64.6 Å².